The van der Waals surface area contributed by atoms with Gasteiger partial charge >= 0.3 is 0 Å². The number of anilines is 1. The first-order valence-corrected chi connectivity index (χ1v) is 6.43. The van der Waals surface area contributed by atoms with Crippen LogP contribution < -0.4 is 4.90 Å². The highest BCUT2D eigenvalue weighted by Crippen LogP contribution is 2.32. The molecule has 1 aromatic rings. The molecule has 1 amide bonds. The summed E-state index contributed by atoms with van der Waals surface area (Å²) in [5, 5.41) is 0. The molecule has 0 spiro atoms. The summed E-state index contributed by atoms with van der Waals surface area (Å²) in [6, 6.07) is 6.85. The Bertz CT molecular complexity index is 437. The van der Waals surface area contributed by atoms with E-state index < -0.39 is 0 Å². The highest BCUT2D eigenvalue weighted by atomic mass is 16.2. The van der Waals surface area contributed by atoms with E-state index in [0.29, 0.717) is 12.0 Å². The molecule has 1 heterocycles. The van der Waals surface area contributed by atoms with Crippen LogP contribution in [-0.4, -0.2) is 11.9 Å². The van der Waals surface area contributed by atoms with E-state index in [4.69, 9.17) is 0 Å². The van der Waals surface area contributed by atoms with Gasteiger partial charge in [-0.15, -0.1) is 0 Å². The summed E-state index contributed by atoms with van der Waals surface area (Å²) in [5.74, 6) is 0.696. The van der Waals surface area contributed by atoms with E-state index in [9.17, 15) is 4.79 Å². The van der Waals surface area contributed by atoms with Gasteiger partial charge in [0, 0.05) is 18.7 Å². The molecular formula is C15H21NO. The second-order valence-corrected chi connectivity index (χ2v) is 5.32. The Hall–Kier alpha value is -1.31. The molecule has 0 bridgehead atoms. The predicted octanol–water partition coefficient (Wildman–Crippen LogP) is 3.50. The molecule has 0 aliphatic carbocycles. The highest BCUT2D eigenvalue weighted by Gasteiger charge is 2.26. The molecule has 2 rings (SSSR count). The Morgan fingerprint density at radius 1 is 1.41 bits per heavy atom. The molecule has 0 radical (unpaired) electrons. The number of hydrogen-bond acceptors (Lipinski definition) is 1. The number of benzene rings is 1. The lowest BCUT2D eigenvalue weighted by Gasteiger charge is -2.35. The van der Waals surface area contributed by atoms with E-state index >= 15 is 0 Å². The van der Waals surface area contributed by atoms with E-state index in [1.54, 1.807) is 6.92 Å². The van der Waals surface area contributed by atoms with Gasteiger partial charge in [0.15, 0.2) is 0 Å². The number of nitrogens with zero attached hydrogens (tertiary/aromatic N) is 1. The molecule has 0 saturated carbocycles. The summed E-state index contributed by atoms with van der Waals surface area (Å²) in [7, 11) is 0. The minimum atomic E-state index is 0.149. The Morgan fingerprint density at radius 2 is 2.12 bits per heavy atom. The molecule has 92 valence electrons. The van der Waals surface area contributed by atoms with Gasteiger partial charge in [-0.1, -0.05) is 26.0 Å². The zero-order valence-corrected chi connectivity index (χ0v) is 11.2. The Labute approximate surface area is 104 Å². The maximum absolute atomic E-state index is 11.7. The number of carbonyl (C=O) groups is 1. The topological polar surface area (TPSA) is 20.3 Å². The van der Waals surface area contributed by atoms with Crippen LogP contribution in [0.4, 0.5) is 5.69 Å². The van der Waals surface area contributed by atoms with Crippen molar-refractivity contribution >= 4 is 11.6 Å². The van der Waals surface area contributed by atoms with Gasteiger partial charge in [0.2, 0.25) is 5.91 Å². The molecule has 0 saturated heterocycles. The molecular weight excluding hydrogens is 210 g/mol. The molecule has 2 heteroatoms. The smallest absolute Gasteiger partial charge is 0.224 e. The number of aryl methyl sites for hydroxylation is 1. The summed E-state index contributed by atoms with van der Waals surface area (Å²) in [5.41, 5.74) is 3.80. The minimum absolute atomic E-state index is 0.149. The SMILES string of the molecule is CC(=O)N1c2ccc(C(C)C)cc2CCC1C. The van der Waals surface area contributed by atoms with Crippen molar-refractivity contribution < 1.29 is 4.79 Å². The highest BCUT2D eigenvalue weighted by molar-refractivity contribution is 5.93. The molecule has 1 unspecified atom stereocenters. The zero-order valence-electron chi connectivity index (χ0n) is 11.2. The van der Waals surface area contributed by atoms with Gasteiger partial charge in [0.05, 0.1) is 0 Å². The molecule has 0 N–H and O–H groups in total. The molecule has 1 aliphatic rings. The van der Waals surface area contributed by atoms with Crippen molar-refractivity contribution in [1.82, 2.24) is 0 Å². The molecule has 17 heavy (non-hydrogen) atoms. The van der Waals surface area contributed by atoms with E-state index in [0.717, 1.165) is 18.5 Å². The third kappa shape index (κ3) is 2.21. The van der Waals surface area contributed by atoms with Gasteiger partial charge in [-0.25, -0.2) is 0 Å². The standard InChI is InChI=1S/C15H21NO/c1-10(2)13-7-8-15-14(9-13)6-5-11(3)16(15)12(4)17/h7-11H,5-6H2,1-4H3. The second-order valence-electron chi connectivity index (χ2n) is 5.32. The first-order chi connectivity index (χ1) is 8.00. The normalized spacial score (nSPS) is 19.4. The van der Waals surface area contributed by atoms with Gasteiger partial charge in [-0.05, 0) is 42.9 Å². The van der Waals surface area contributed by atoms with Gasteiger partial charge < -0.3 is 4.90 Å². The largest absolute Gasteiger partial charge is 0.310 e. The van der Waals surface area contributed by atoms with E-state index in [2.05, 4.69) is 39.0 Å². The summed E-state index contributed by atoms with van der Waals surface area (Å²) in [4.78, 5) is 13.7. The summed E-state index contributed by atoms with van der Waals surface area (Å²) in [6.07, 6.45) is 2.15. The van der Waals surface area contributed by atoms with Crippen molar-refractivity contribution in [3.8, 4) is 0 Å². The first kappa shape index (κ1) is 12.2. The average molecular weight is 231 g/mol. The van der Waals surface area contributed by atoms with Crippen LogP contribution in [0.15, 0.2) is 18.2 Å². The zero-order chi connectivity index (χ0) is 12.6. The van der Waals surface area contributed by atoms with Crippen molar-refractivity contribution in [3.05, 3.63) is 29.3 Å². The summed E-state index contributed by atoms with van der Waals surface area (Å²) in [6.45, 7) is 8.19. The van der Waals surface area contributed by atoms with Crippen molar-refractivity contribution in [3.63, 3.8) is 0 Å². The number of hydrogen-bond donors (Lipinski definition) is 0. The summed E-state index contributed by atoms with van der Waals surface area (Å²) < 4.78 is 0. The summed E-state index contributed by atoms with van der Waals surface area (Å²) >= 11 is 0. The third-order valence-corrected chi connectivity index (χ3v) is 3.64. The van der Waals surface area contributed by atoms with E-state index in [1.165, 1.54) is 11.1 Å². The minimum Gasteiger partial charge on any atom is -0.310 e. The average Bonchev–Trinajstić information content (AvgIpc) is 2.27. The van der Waals surface area contributed by atoms with E-state index in [-0.39, 0.29) is 5.91 Å². The number of rotatable bonds is 1. The second kappa shape index (κ2) is 4.52. The fraction of sp³-hybridized carbons (Fsp3) is 0.533. The quantitative estimate of drug-likeness (QED) is 0.724. The molecule has 1 aromatic carbocycles. The van der Waals surface area contributed by atoms with Crippen LogP contribution in [0.25, 0.3) is 0 Å². The van der Waals surface area contributed by atoms with Crippen molar-refractivity contribution in [1.29, 1.82) is 0 Å². The fourth-order valence-corrected chi connectivity index (χ4v) is 2.61. The monoisotopic (exact) mass is 231 g/mol. The molecule has 1 atom stereocenters. The lowest BCUT2D eigenvalue weighted by Crippen LogP contribution is -2.40. The molecule has 1 aliphatic heterocycles. The third-order valence-electron chi connectivity index (χ3n) is 3.64. The fourth-order valence-electron chi connectivity index (χ4n) is 2.61. The number of carbonyl (C=O) groups excluding carboxylic acids is 1. The first-order valence-electron chi connectivity index (χ1n) is 6.43. The van der Waals surface area contributed by atoms with Gasteiger partial charge in [0.25, 0.3) is 0 Å². The van der Waals surface area contributed by atoms with Crippen LogP contribution in [0.1, 0.15) is 51.2 Å². The van der Waals surface area contributed by atoms with Gasteiger partial charge in [-0.3, -0.25) is 4.79 Å². The van der Waals surface area contributed by atoms with Crippen LogP contribution in [0.2, 0.25) is 0 Å². The Balaban J connectivity index is 2.44. The van der Waals surface area contributed by atoms with E-state index in [1.807, 2.05) is 4.90 Å². The lowest BCUT2D eigenvalue weighted by atomic mass is 9.92. The van der Waals surface area contributed by atoms with Crippen LogP contribution in [0, 0.1) is 0 Å². The molecule has 0 aromatic heterocycles. The van der Waals surface area contributed by atoms with Crippen molar-refractivity contribution in [2.75, 3.05) is 4.90 Å². The Kier molecular flexibility index (Phi) is 3.23. The lowest BCUT2D eigenvalue weighted by molar-refractivity contribution is -0.117. The predicted molar refractivity (Wildman–Crippen MR) is 71.5 cm³/mol. The molecule has 2 nitrogen and oxygen atoms in total. The van der Waals surface area contributed by atoms with Crippen molar-refractivity contribution in [2.45, 2.75) is 52.5 Å². The maximum Gasteiger partial charge on any atom is 0.224 e. The van der Waals surface area contributed by atoms with Crippen LogP contribution in [0.3, 0.4) is 0 Å². The molecule has 0 fully saturated rings. The van der Waals surface area contributed by atoms with Gasteiger partial charge in [-0.2, -0.15) is 0 Å². The maximum atomic E-state index is 11.7. The van der Waals surface area contributed by atoms with Crippen LogP contribution in [0.5, 0.6) is 0 Å². The van der Waals surface area contributed by atoms with Crippen LogP contribution >= 0.6 is 0 Å². The number of amides is 1. The van der Waals surface area contributed by atoms with Crippen molar-refractivity contribution in [2.24, 2.45) is 0 Å². The van der Waals surface area contributed by atoms with Gasteiger partial charge in [0.1, 0.15) is 0 Å². The Morgan fingerprint density at radius 3 is 2.71 bits per heavy atom. The number of fused-ring (bicyclic) bond motifs is 1. The van der Waals surface area contributed by atoms with Crippen LogP contribution in [-0.2, 0) is 11.2 Å².